The zero-order chi connectivity index (χ0) is 25.6. The van der Waals surface area contributed by atoms with E-state index in [-0.39, 0.29) is 29.6 Å². The molecule has 34 heavy (non-hydrogen) atoms. The second kappa shape index (κ2) is 12.3. The van der Waals surface area contributed by atoms with Crippen LogP contribution in [0.3, 0.4) is 0 Å². The van der Waals surface area contributed by atoms with Crippen LogP contribution in [-0.4, -0.2) is 50.5 Å². The number of sulfonamides is 1. The molecule has 2 rings (SSSR count). The number of amides is 2. The van der Waals surface area contributed by atoms with Gasteiger partial charge in [0.15, 0.2) is 0 Å². The summed E-state index contributed by atoms with van der Waals surface area (Å²) in [5.74, 6) is -1.01. The van der Waals surface area contributed by atoms with Crippen molar-refractivity contribution < 1.29 is 18.0 Å². The summed E-state index contributed by atoms with van der Waals surface area (Å²) in [4.78, 5) is 27.6. The van der Waals surface area contributed by atoms with E-state index in [1.165, 1.54) is 23.1 Å². The average Bonchev–Trinajstić information content (AvgIpc) is 2.73. The normalized spacial score (nSPS) is 12.2. The van der Waals surface area contributed by atoms with E-state index in [4.69, 9.17) is 46.4 Å². The molecular weight excluding hydrogens is 544 g/mol. The first-order valence-corrected chi connectivity index (χ1v) is 13.7. The summed E-state index contributed by atoms with van der Waals surface area (Å²) < 4.78 is 26.1. The van der Waals surface area contributed by atoms with Crippen molar-refractivity contribution in [2.24, 2.45) is 0 Å². The third-order valence-electron chi connectivity index (χ3n) is 4.98. The third kappa shape index (κ3) is 7.15. The summed E-state index contributed by atoms with van der Waals surface area (Å²) in [6.07, 6.45) is 1.24. The Labute approximate surface area is 220 Å². The molecule has 0 aromatic heterocycles. The number of nitrogens with zero attached hydrogens (tertiary/aromatic N) is 2. The van der Waals surface area contributed by atoms with Gasteiger partial charge in [-0.05, 0) is 43.7 Å². The van der Waals surface area contributed by atoms with Crippen molar-refractivity contribution in [3.05, 3.63) is 62.1 Å². The van der Waals surface area contributed by atoms with Crippen molar-refractivity contribution in [3.63, 3.8) is 0 Å². The van der Waals surface area contributed by atoms with Crippen molar-refractivity contribution >= 4 is 73.9 Å². The van der Waals surface area contributed by atoms with E-state index >= 15 is 0 Å². The second-order valence-corrected chi connectivity index (χ2v) is 11.0. The van der Waals surface area contributed by atoms with Gasteiger partial charge in [0.05, 0.1) is 17.0 Å². The van der Waals surface area contributed by atoms with Gasteiger partial charge in [-0.25, -0.2) is 8.42 Å². The van der Waals surface area contributed by atoms with Crippen LogP contribution in [0, 0.1) is 0 Å². The smallest absolute Gasteiger partial charge is 0.244 e. The number of hydrogen-bond donors (Lipinski definition) is 1. The molecule has 0 saturated heterocycles. The Bertz CT molecular complexity index is 1140. The predicted molar refractivity (Wildman–Crippen MR) is 138 cm³/mol. The number of carbonyl (C=O) groups is 2. The minimum Gasteiger partial charge on any atom is -0.355 e. The Kier molecular flexibility index (Phi) is 10.3. The predicted octanol–water partition coefficient (Wildman–Crippen LogP) is 5.01. The van der Waals surface area contributed by atoms with Crippen LogP contribution in [0.5, 0.6) is 0 Å². The van der Waals surface area contributed by atoms with Crippen LogP contribution >= 0.6 is 46.4 Å². The van der Waals surface area contributed by atoms with Gasteiger partial charge in [-0.3, -0.25) is 13.9 Å². The topological polar surface area (TPSA) is 86.8 Å². The van der Waals surface area contributed by atoms with Crippen molar-refractivity contribution in [2.75, 3.05) is 23.7 Å². The molecule has 1 N–H and O–H groups in total. The van der Waals surface area contributed by atoms with E-state index in [0.717, 1.165) is 10.6 Å². The third-order valence-corrected chi connectivity index (χ3v) is 7.36. The van der Waals surface area contributed by atoms with Crippen molar-refractivity contribution in [1.29, 1.82) is 0 Å². The number of hydrogen-bond acceptors (Lipinski definition) is 4. The van der Waals surface area contributed by atoms with Gasteiger partial charge in [-0.15, -0.1) is 0 Å². The van der Waals surface area contributed by atoms with E-state index in [1.54, 1.807) is 32.0 Å². The molecule has 2 aromatic rings. The van der Waals surface area contributed by atoms with Gasteiger partial charge in [-0.1, -0.05) is 59.4 Å². The largest absolute Gasteiger partial charge is 0.355 e. The number of nitrogens with one attached hydrogen (secondary N) is 1. The highest BCUT2D eigenvalue weighted by molar-refractivity contribution is 7.92. The standard InChI is InChI=1S/C22H25Cl4N3O4S/c1-4-19(22(31)27-5-2)28(12-15-16(24)7-6-8-17(15)25)21(30)13-29(34(3,32)33)20-10-9-14(23)11-18(20)26/h6-11,19H,4-5,12-13H2,1-3H3,(H,27,31)/t19-/m0/s1. The fourth-order valence-corrected chi connectivity index (χ4v) is 5.28. The molecular formula is C22H25Cl4N3O4S. The molecule has 0 spiro atoms. The van der Waals surface area contributed by atoms with Gasteiger partial charge in [-0.2, -0.15) is 0 Å². The Balaban J connectivity index is 2.53. The highest BCUT2D eigenvalue weighted by atomic mass is 35.5. The Morgan fingerprint density at radius 1 is 1.00 bits per heavy atom. The molecule has 2 aromatic carbocycles. The summed E-state index contributed by atoms with van der Waals surface area (Å²) in [6, 6.07) is 8.28. The van der Waals surface area contributed by atoms with E-state index < -0.39 is 28.5 Å². The number of benzene rings is 2. The molecule has 0 fully saturated rings. The molecule has 2 amide bonds. The molecule has 0 unspecified atom stereocenters. The van der Waals surface area contributed by atoms with Crippen LogP contribution in [0.4, 0.5) is 5.69 Å². The SMILES string of the molecule is CCNC(=O)[C@H](CC)N(Cc1c(Cl)cccc1Cl)C(=O)CN(c1ccc(Cl)cc1Cl)S(C)(=O)=O. The number of halogens is 4. The number of anilines is 1. The van der Waals surface area contributed by atoms with Crippen LogP contribution in [-0.2, 0) is 26.2 Å². The molecule has 1 atom stereocenters. The first-order valence-electron chi connectivity index (χ1n) is 10.3. The lowest BCUT2D eigenvalue weighted by atomic mass is 10.1. The van der Waals surface area contributed by atoms with Crippen molar-refractivity contribution in [2.45, 2.75) is 32.9 Å². The summed E-state index contributed by atoms with van der Waals surface area (Å²) in [5.41, 5.74) is 0.529. The molecule has 0 aliphatic carbocycles. The fraction of sp³-hybridized carbons (Fsp3) is 0.364. The van der Waals surface area contributed by atoms with Gasteiger partial charge in [0.25, 0.3) is 0 Å². The zero-order valence-electron chi connectivity index (χ0n) is 18.8. The average molecular weight is 569 g/mol. The minimum absolute atomic E-state index is 0.0576. The summed E-state index contributed by atoms with van der Waals surface area (Å²) in [7, 11) is -3.93. The fourth-order valence-electron chi connectivity index (χ4n) is 3.34. The van der Waals surface area contributed by atoms with Gasteiger partial charge in [0.2, 0.25) is 21.8 Å². The highest BCUT2D eigenvalue weighted by Gasteiger charge is 2.32. The molecule has 12 heteroatoms. The number of carbonyl (C=O) groups excluding carboxylic acids is 2. The second-order valence-electron chi connectivity index (χ2n) is 7.41. The first kappa shape index (κ1) is 28.5. The Morgan fingerprint density at radius 3 is 2.12 bits per heavy atom. The molecule has 0 radical (unpaired) electrons. The Morgan fingerprint density at radius 2 is 1.62 bits per heavy atom. The lowest BCUT2D eigenvalue weighted by molar-refractivity contribution is -0.140. The summed E-state index contributed by atoms with van der Waals surface area (Å²) in [6.45, 7) is 3.17. The molecule has 0 aliphatic rings. The quantitative estimate of drug-likeness (QED) is 0.436. The van der Waals surface area contributed by atoms with Gasteiger partial charge in [0.1, 0.15) is 12.6 Å². The van der Waals surface area contributed by atoms with Gasteiger partial charge in [0, 0.05) is 33.7 Å². The molecule has 0 saturated carbocycles. The van der Waals surface area contributed by atoms with E-state index in [2.05, 4.69) is 5.32 Å². The lowest BCUT2D eigenvalue weighted by Gasteiger charge is -2.33. The van der Waals surface area contributed by atoms with E-state index in [0.29, 0.717) is 27.2 Å². The highest BCUT2D eigenvalue weighted by Crippen LogP contribution is 2.31. The maximum Gasteiger partial charge on any atom is 0.244 e. The van der Waals surface area contributed by atoms with E-state index in [1.807, 2.05) is 0 Å². The number of likely N-dealkylation sites (N-methyl/N-ethyl adjacent to an activating group) is 1. The summed E-state index contributed by atoms with van der Waals surface area (Å²) >= 11 is 24.8. The first-order chi connectivity index (χ1) is 15.9. The van der Waals surface area contributed by atoms with Crippen LogP contribution in [0.2, 0.25) is 20.1 Å². The summed E-state index contributed by atoms with van der Waals surface area (Å²) in [5, 5.41) is 3.71. The van der Waals surface area contributed by atoms with Crippen LogP contribution in [0.25, 0.3) is 0 Å². The zero-order valence-corrected chi connectivity index (χ0v) is 22.7. The molecule has 0 bridgehead atoms. The van der Waals surface area contributed by atoms with Gasteiger partial charge >= 0.3 is 0 Å². The maximum absolute atomic E-state index is 13.6. The van der Waals surface area contributed by atoms with Gasteiger partial charge < -0.3 is 10.2 Å². The van der Waals surface area contributed by atoms with Crippen LogP contribution in [0.1, 0.15) is 25.8 Å². The molecule has 0 heterocycles. The van der Waals surface area contributed by atoms with E-state index in [9.17, 15) is 18.0 Å². The molecule has 7 nitrogen and oxygen atoms in total. The maximum atomic E-state index is 13.6. The monoisotopic (exact) mass is 567 g/mol. The molecule has 0 aliphatic heterocycles. The Hall–Kier alpha value is -1.71. The lowest BCUT2D eigenvalue weighted by Crippen LogP contribution is -2.52. The van der Waals surface area contributed by atoms with Crippen molar-refractivity contribution in [3.8, 4) is 0 Å². The molecule has 186 valence electrons. The van der Waals surface area contributed by atoms with Crippen LogP contribution in [0.15, 0.2) is 36.4 Å². The minimum atomic E-state index is -3.93. The van der Waals surface area contributed by atoms with Crippen molar-refractivity contribution in [1.82, 2.24) is 10.2 Å². The van der Waals surface area contributed by atoms with Crippen LogP contribution < -0.4 is 9.62 Å². The number of rotatable bonds is 10.